The third-order valence-electron chi connectivity index (χ3n) is 9.55. The number of hydrogen-bond acceptors (Lipinski definition) is 3. The molecule has 5 rings (SSSR count). The van der Waals surface area contributed by atoms with Gasteiger partial charge in [0.1, 0.15) is 0 Å². The molecule has 1 aromatic rings. The molecule has 1 aromatic carbocycles. The number of amides is 2. The van der Waals surface area contributed by atoms with Crippen molar-refractivity contribution in [3.8, 4) is 0 Å². The average molecular weight is 500 g/mol. The Morgan fingerprint density at radius 1 is 1.06 bits per heavy atom. The first-order valence-electron chi connectivity index (χ1n) is 14.0. The van der Waals surface area contributed by atoms with Crippen LogP contribution in [0.4, 0.5) is 0 Å². The van der Waals surface area contributed by atoms with E-state index < -0.39 is 5.41 Å². The van der Waals surface area contributed by atoms with Crippen LogP contribution in [0, 0.1) is 17.8 Å². The van der Waals surface area contributed by atoms with E-state index in [1.807, 2.05) is 11.0 Å². The molecule has 35 heavy (non-hydrogen) atoms. The number of halogens is 1. The minimum atomic E-state index is -0.470. The Bertz CT molecular complexity index is 934. The fraction of sp³-hybridized carbons (Fsp3) is 0.724. The van der Waals surface area contributed by atoms with Gasteiger partial charge in [0.05, 0.1) is 11.5 Å². The van der Waals surface area contributed by atoms with E-state index in [9.17, 15) is 9.59 Å². The Hall–Kier alpha value is -1.59. The number of nitrogens with zero attached hydrogens (tertiary/aromatic N) is 2. The Labute approximate surface area is 215 Å². The number of hydrogen-bond donors (Lipinski definition) is 1. The van der Waals surface area contributed by atoms with Gasteiger partial charge in [0, 0.05) is 31.1 Å². The average Bonchev–Trinajstić information content (AvgIpc) is 2.87. The van der Waals surface area contributed by atoms with Crippen molar-refractivity contribution >= 4 is 23.4 Å². The second-order valence-electron chi connectivity index (χ2n) is 11.8. The summed E-state index contributed by atoms with van der Waals surface area (Å²) in [6, 6.07) is 6.35. The van der Waals surface area contributed by atoms with Crippen molar-refractivity contribution in [2.24, 2.45) is 17.8 Å². The van der Waals surface area contributed by atoms with Gasteiger partial charge in [-0.25, -0.2) is 0 Å². The Balaban J connectivity index is 1.51. The molecule has 1 N–H and O–H groups in total. The predicted octanol–water partition coefficient (Wildman–Crippen LogP) is 5.32. The molecule has 1 atom stereocenters. The maximum atomic E-state index is 14.5. The van der Waals surface area contributed by atoms with Crippen LogP contribution in [0.25, 0.3) is 0 Å². The van der Waals surface area contributed by atoms with E-state index >= 15 is 0 Å². The summed E-state index contributed by atoms with van der Waals surface area (Å²) in [6.45, 7) is 8.49. The Morgan fingerprint density at radius 3 is 2.49 bits per heavy atom. The second kappa shape index (κ2) is 10.4. The maximum absolute atomic E-state index is 14.5. The second-order valence-corrected chi connectivity index (χ2v) is 12.2. The first kappa shape index (κ1) is 25.1. The van der Waals surface area contributed by atoms with Gasteiger partial charge >= 0.3 is 0 Å². The molecule has 1 saturated carbocycles. The Kier molecular flexibility index (Phi) is 7.46. The van der Waals surface area contributed by atoms with E-state index in [0.29, 0.717) is 31.3 Å². The van der Waals surface area contributed by atoms with Crippen molar-refractivity contribution in [2.45, 2.75) is 83.1 Å². The SMILES string of the molecule is CC(C)C1CCC(C2c3cc(Cl)ccc3C3(CCNCC3)C(=O)N2CCN2CCCCC2=O)CC1. The minimum absolute atomic E-state index is 0.0599. The number of nitrogens with one attached hydrogen (secondary N) is 1. The predicted molar refractivity (Wildman–Crippen MR) is 140 cm³/mol. The van der Waals surface area contributed by atoms with E-state index in [1.54, 1.807) is 0 Å². The van der Waals surface area contributed by atoms with Gasteiger partial charge in [-0.15, -0.1) is 0 Å². The molecule has 3 fully saturated rings. The first-order chi connectivity index (χ1) is 16.9. The van der Waals surface area contributed by atoms with Crippen LogP contribution in [0.1, 0.15) is 88.8 Å². The smallest absolute Gasteiger partial charge is 0.233 e. The van der Waals surface area contributed by atoms with Gasteiger partial charge in [-0.1, -0.05) is 31.5 Å². The number of carbonyl (C=O) groups is 2. The van der Waals surface area contributed by atoms with Gasteiger partial charge in [-0.05, 0) is 105 Å². The summed E-state index contributed by atoms with van der Waals surface area (Å²) in [5.74, 6) is 2.47. The molecule has 2 amide bonds. The summed E-state index contributed by atoms with van der Waals surface area (Å²) in [5.41, 5.74) is 2.02. The van der Waals surface area contributed by atoms with Crippen molar-refractivity contribution in [1.29, 1.82) is 0 Å². The minimum Gasteiger partial charge on any atom is -0.341 e. The highest BCUT2D eigenvalue weighted by Crippen LogP contribution is 2.51. The summed E-state index contributed by atoms with van der Waals surface area (Å²) in [4.78, 5) is 31.3. The standard InChI is InChI=1S/C29H42ClN3O2/c1-20(2)21-6-8-22(9-7-21)27-24-19-23(30)10-11-25(24)29(12-14-31-15-13-29)28(35)33(27)18-17-32-16-4-3-5-26(32)34/h10-11,19-22,27,31H,3-9,12-18H2,1-2H3. The summed E-state index contributed by atoms with van der Waals surface area (Å²) >= 11 is 6.61. The molecule has 1 unspecified atom stereocenters. The number of carbonyl (C=O) groups excluding carboxylic acids is 2. The summed E-state index contributed by atoms with van der Waals surface area (Å²) in [5, 5.41) is 4.22. The van der Waals surface area contributed by atoms with Gasteiger partial charge < -0.3 is 15.1 Å². The van der Waals surface area contributed by atoms with Crippen molar-refractivity contribution in [2.75, 3.05) is 32.7 Å². The van der Waals surface area contributed by atoms with Crippen LogP contribution >= 0.6 is 11.6 Å². The van der Waals surface area contributed by atoms with Crippen LogP contribution in [-0.2, 0) is 15.0 Å². The van der Waals surface area contributed by atoms with Crippen molar-refractivity contribution in [3.05, 3.63) is 34.3 Å². The zero-order valence-corrected chi connectivity index (χ0v) is 22.3. The molecule has 0 bridgehead atoms. The zero-order chi connectivity index (χ0) is 24.6. The Morgan fingerprint density at radius 2 is 1.80 bits per heavy atom. The third kappa shape index (κ3) is 4.75. The molecular formula is C29H42ClN3O2. The first-order valence-corrected chi connectivity index (χ1v) is 14.4. The van der Waals surface area contributed by atoms with Crippen LogP contribution in [0.5, 0.6) is 0 Å². The molecule has 1 aliphatic carbocycles. The van der Waals surface area contributed by atoms with Crippen LogP contribution in [-0.4, -0.2) is 54.3 Å². The third-order valence-corrected chi connectivity index (χ3v) is 9.78. The largest absolute Gasteiger partial charge is 0.341 e. The molecule has 1 spiro atoms. The monoisotopic (exact) mass is 499 g/mol. The fourth-order valence-electron chi connectivity index (χ4n) is 7.44. The fourth-order valence-corrected chi connectivity index (χ4v) is 7.62. The zero-order valence-electron chi connectivity index (χ0n) is 21.5. The van der Waals surface area contributed by atoms with Crippen LogP contribution in [0.2, 0.25) is 5.02 Å². The summed E-state index contributed by atoms with van der Waals surface area (Å²) in [6.07, 6.45) is 9.12. The quantitative estimate of drug-likeness (QED) is 0.596. The molecule has 0 aromatic heterocycles. The van der Waals surface area contributed by atoms with Crippen molar-refractivity contribution < 1.29 is 9.59 Å². The number of likely N-dealkylation sites (tertiary alicyclic amines) is 1. The van der Waals surface area contributed by atoms with Crippen LogP contribution in [0.3, 0.4) is 0 Å². The van der Waals surface area contributed by atoms with E-state index in [2.05, 4.69) is 36.2 Å². The number of fused-ring (bicyclic) bond motifs is 2. The molecule has 3 heterocycles. The lowest BCUT2D eigenvalue weighted by Crippen LogP contribution is -2.59. The molecule has 0 radical (unpaired) electrons. The van der Waals surface area contributed by atoms with Gasteiger partial charge in [0.2, 0.25) is 11.8 Å². The van der Waals surface area contributed by atoms with Gasteiger partial charge in [0.25, 0.3) is 0 Å². The lowest BCUT2D eigenvalue weighted by atomic mass is 9.63. The van der Waals surface area contributed by atoms with E-state index in [1.165, 1.54) is 24.0 Å². The van der Waals surface area contributed by atoms with Gasteiger partial charge in [-0.2, -0.15) is 0 Å². The van der Waals surface area contributed by atoms with Gasteiger partial charge in [-0.3, -0.25) is 9.59 Å². The molecule has 3 aliphatic heterocycles. The van der Waals surface area contributed by atoms with E-state index in [0.717, 1.165) is 69.1 Å². The topological polar surface area (TPSA) is 52.7 Å². The molecule has 5 nitrogen and oxygen atoms in total. The number of rotatable bonds is 5. The highest BCUT2D eigenvalue weighted by Gasteiger charge is 2.52. The van der Waals surface area contributed by atoms with E-state index in [4.69, 9.17) is 11.6 Å². The highest BCUT2D eigenvalue weighted by molar-refractivity contribution is 6.30. The molecule has 6 heteroatoms. The van der Waals surface area contributed by atoms with Crippen molar-refractivity contribution in [3.63, 3.8) is 0 Å². The number of piperidine rings is 2. The maximum Gasteiger partial charge on any atom is 0.233 e. The molecule has 4 aliphatic rings. The van der Waals surface area contributed by atoms with Crippen molar-refractivity contribution in [1.82, 2.24) is 15.1 Å². The van der Waals surface area contributed by atoms with E-state index in [-0.39, 0.29) is 17.9 Å². The molecule has 2 saturated heterocycles. The lowest BCUT2D eigenvalue weighted by Gasteiger charge is -2.52. The normalized spacial score (nSPS) is 29.1. The highest BCUT2D eigenvalue weighted by atomic mass is 35.5. The lowest BCUT2D eigenvalue weighted by molar-refractivity contribution is -0.147. The van der Waals surface area contributed by atoms with Crippen LogP contribution < -0.4 is 5.32 Å². The van der Waals surface area contributed by atoms with Gasteiger partial charge in [0.15, 0.2) is 0 Å². The molecule has 192 valence electrons. The summed E-state index contributed by atoms with van der Waals surface area (Å²) < 4.78 is 0. The molecular weight excluding hydrogens is 458 g/mol. The number of benzene rings is 1. The summed E-state index contributed by atoms with van der Waals surface area (Å²) in [7, 11) is 0. The van der Waals surface area contributed by atoms with Crippen LogP contribution in [0.15, 0.2) is 18.2 Å².